The van der Waals surface area contributed by atoms with Crippen molar-refractivity contribution in [3.63, 3.8) is 0 Å². The van der Waals surface area contributed by atoms with Gasteiger partial charge in [-0.1, -0.05) is 91.0 Å². The molecule has 0 spiro atoms. The molecule has 133 heavy (non-hydrogen) atoms. The zero-order valence-corrected chi connectivity index (χ0v) is 74.0. The molecule has 728 valence electrons. The fourth-order valence-electron chi connectivity index (χ4n) is 19.0. The molecular weight excluding hydrogens is 1810 g/mol. The third-order valence-electron chi connectivity index (χ3n) is 26.5. The van der Waals surface area contributed by atoms with Gasteiger partial charge < -0.3 is 59.4 Å². The average Bonchev–Trinajstić information content (AvgIpc) is 0.740. The van der Waals surface area contributed by atoms with Crippen molar-refractivity contribution in [2.24, 2.45) is 0 Å². The fraction of sp³-hybridized carbons (Fsp3) is 0.548. The number of nitrogens with one attached hydrogen (secondary N) is 3. The second-order valence-corrected chi connectivity index (χ2v) is 36.1. The zero-order valence-electron chi connectivity index (χ0n) is 73.2. The number of carbonyl (C=O) groups excluding carboxylic acids is 6. The summed E-state index contributed by atoms with van der Waals surface area (Å²) in [6.45, 7) is 8.69. The number of hydrogen-bond acceptors (Lipinski definition) is 15. The van der Waals surface area contributed by atoms with E-state index in [9.17, 15) is 113 Å². The Kier molecular flexibility index (Phi) is 32.0. The minimum Gasteiger partial charge on any atom is -0.447 e. The molecular formula is C93H106ClF18N9O12. The van der Waals surface area contributed by atoms with Crippen molar-refractivity contribution >= 4 is 46.9 Å². The zero-order chi connectivity index (χ0) is 96.6. The van der Waals surface area contributed by atoms with Crippen molar-refractivity contribution < 1.29 is 137 Å². The van der Waals surface area contributed by atoms with E-state index in [0.717, 1.165) is 81.1 Å². The number of ether oxygens (including phenoxy) is 5. The summed E-state index contributed by atoms with van der Waals surface area (Å²) >= 11 is 5.24. The van der Waals surface area contributed by atoms with E-state index in [4.69, 9.17) is 35.3 Å². The van der Waals surface area contributed by atoms with Gasteiger partial charge in [0.15, 0.2) is 0 Å². The lowest BCUT2D eigenvalue weighted by Crippen LogP contribution is -2.73. The van der Waals surface area contributed by atoms with Crippen LogP contribution < -0.4 is 16.0 Å². The summed E-state index contributed by atoms with van der Waals surface area (Å²) in [6.07, 6.45) is -22.4. The number of carbonyl (C=O) groups is 6. The van der Waals surface area contributed by atoms with Gasteiger partial charge in [-0.25, -0.2) is 9.59 Å². The predicted molar refractivity (Wildman–Crippen MR) is 449 cm³/mol. The average molecular weight is 1920 g/mol. The minimum atomic E-state index is -4.98. The molecule has 9 aliphatic rings. The molecule has 21 nitrogen and oxygen atoms in total. The van der Waals surface area contributed by atoms with Crippen LogP contribution in [0, 0.1) is 0 Å². The first-order valence-electron chi connectivity index (χ1n) is 44.0. The van der Waals surface area contributed by atoms with Crippen LogP contribution in [0.1, 0.15) is 202 Å². The largest absolute Gasteiger partial charge is 0.447 e. The van der Waals surface area contributed by atoms with Crippen molar-refractivity contribution in [2.45, 2.75) is 206 Å². The highest BCUT2D eigenvalue weighted by Crippen LogP contribution is 2.50. The number of alkyl halides is 18. The topological polar surface area (TPSA) is 224 Å². The van der Waals surface area contributed by atoms with Crippen LogP contribution in [0.15, 0.2) is 146 Å². The second kappa shape index (κ2) is 41.6. The van der Waals surface area contributed by atoms with Gasteiger partial charge in [0, 0.05) is 58.9 Å². The number of likely N-dealkylation sites (tertiary alicyclic amines) is 3. The number of nitrogens with zero attached hydrogens (tertiary/aromatic N) is 6. The van der Waals surface area contributed by atoms with Crippen molar-refractivity contribution in [1.29, 1.82) is 0 Å². The number of hydrogen-bond donors (Lipinski definition) is 4. The number of piperidine rings is 6. The molecule has 6 bridgehead atoms. The molecule has 9 aliphatic heterocycles. The van der Waals surface area contributed by atoms with Gasteiger partial charge in [-0.05, 0) is 217 Å². The Hall–Kier alpha value is -9.51. The van der Waals surface area contributed by atoms with Crippen molar-refractivity contribution in [3.8, 4) is 0 Å². The number of benzene rings is 6. The standard InChI is InChI=1S/2C31H35F6N3O4.C25H26F6N2O3.C6H10ClNO/c2*1-21(22-14-24(30(32,33)34)16-25(15-22)31(35,36)37)43-20-29(23-8-4-2-5-9-23)11-10-28(18-40(29)17-26(41)38-28)19-44-27(42)39-12-6-3-7-13-39;1-16(17-9-19(24(26,27)28)11-20(10-17)25(29,30)31)36-15-23(18-5-3-2-4-6-18)8-7-22(14-34)13-33(23)12-21(35)32-22;7-6(9)8-4-2-1-3-5-8/h2*2,4-5,8-9,14-16,21H,3,6-7,10-13,17-20H2,1H3,(H,38,41);2-6,9-11,16,34H,7-8,12-15H2,1H3,(H,32,35);1-5H2/t2*21-,28-,29-;16-,22-,23-;/m111./s1. The van der Waals surface area contributed by atoms with Crippen LogP contribution >= 0.6 is 11.6 Å². The molecule has 0 radical (unpaired) electrons. The number of rotatable bonds is 20. The molecule has 0 aliphatic carbocycles. The van der Waals surface area contributed by atoms with Gasteiger partial charge in [-0.15, -0.1) is 0 Å². The summed E-state index contributed by atoms with van der Waals surface area (Å²) in [5, 5.41) is 18.5. The maximum atomic E-state index is 13.5. The van der Waals surface area contributed by atoms with Crippen molar-refractivity contribution in [3.05, 3.63) is 212 Å². The Bertz CT molecular complexity index is 4710. The van der Waals surface area contributed by atoms with Gasteiger partial charge >= 0.3 is 54.6 Å². The van der Waals surface area contributed by atoms with E-state index in [1.165, 1.54) is 27.2 Å². The van der Waals surface area contributed by atoms with Crippen LogP contribution in [0.25, 0.3) is 0 Å². The summed E-state index contributed by atoms with van der Waals surface area (Å²) in [6, 6.07) is 31.7. The normalized spacial score (nSPS) is 26.4. The van der Waals surface area contributed by atoms with Gasteiger partial charge in [-0.2, -0.15) is 79.0 Å². The predicted octanol–water partition coefficient (Wildman–Crippen LogP) is 19.1. The fourth-order valence-corrected chi connectivity index (χ4v) is 19.2. The third-order valence-corrected chi connectivity index (χ3v) is 26.8. The Labute approximate surface area is 761 Å². The lowest BCUT2D eigenvalue weighted by atomic mass is 9.73. The Morgan fingerprint density at radius 3 is 0.835 bits per heavy atom. The minimum absolute atomic E-state index is 0.0101. The molecule has 6 aromatic carbocycles. The number of halogens is 19. The van der Waals surface area contributed by atoms with Gasteiger partial charge in [0.2, 0.25) is 17.7 Å². The molecule has 12 atom stereocenters. The van der Waals surface area contributed by atoms with Gasteiger partial charge in [0.1, 0.15) is 13.2 Å². The molecule has 0 aromatic heterocycles. The molecule has 9 fully saturated rings. The maximum Gasteiger partial charge on any atom is 0.416 e. The molecule has 0 saturated carbocycles. The lowest BCUT2D eigenvalue weighted by molar-refractivity contribution is -0.148. The summed E-state index contributed by atoms with van der Waals surface area (Å²) < 4.78 is 272. The third kappa shape index (κ3) is 25.0. The highest BCUT2D eigenvalue weighted by atomic mass is 35.5. The molecule has 6 aromatic rings. The quantitative estimate of drug-likeness (QED) is 0.0317. The summed E-state index contributed by atoms with van der Waals surface area (Å²) in [5.74, 6) is -0.854. The first-order valence-corrected chi connectivity index (χ1v) is 44.3. The molecule has 9 saturated heterocycles. The highest BCUT2D eigenvalue weighted by Gasteiger charge is 2.58. The number of amides is 6. The molecule has 40 heteroatoms. The van der Waals surface area contributed by atoms with Crippen LogP contribution in [0.5, 0.6) is 0 Å². The second-order valence-electron chi connectivity index (χ2n) is 35.8. The molecule has 6 amide bonds. The Balaban J connectivity index is 0.000000172. The van der Waals surface area contributed by atoms with Crippen LogP contribution in [-0.4, -0.2) is 205 Å². The van der Waals surface area contributed by atoms with Crippen LogP contribution in [0.3, 0.4) is 0 Å². The smallest absolute Gasteiger partial charge is 0.416 e. The first-order chi connectivity index (χ1) is 62.5. The molecule has 9 heterocycles. The summed E-state index contributed by atoms with van der Waals surface area (Å²) in [7, 11) is 0. The summed E-state index contributed by atoms with van der Waals surface area (Å²) in [5.41, 5.74) is -12.1. The first kappa shape index (κ1) is 102. The number of aliphatic hydroxyl groups is 1. The van der Waals surface area contributed by atoms with Gasteiger partial charge in [-0.3, -0.25) is 33.9 Å². The Morgan fingerprint density at radius 2 is 0.594 bits per heavy atom. The van der Waals surface area contributed by atoms with Crippen LogP contribution in [0.2, 0.25) is 0 Å². The highest BCUT2D eigenvalue weighted by molar-refractivity contribution is 6.62. The van der Waals surface area contributed by atoms with Crippen molar-refractivity contribution in [2.75, 3.05) is 118 Å². The van der Waals surface area contributed by atoms with E-state index < -0.39 is 134 Å². The van der Waals surface area contributed by atoms with E-state index in [-0.39, 0.29) is 117 Å². The van der Waals surface area contributed by atoms with E-state index in [1.54, 1.807) is 26.8 Å². The van der Waals surface area contributed by atoms with Crippen LogP contribution in [-0.2, 0) is 91.7 Å². The Morgan fingerprint density at radius 1 is 0.353 bits per heavy atom. The van der Waals surface area contributed by atoms with E-state index in [1.807, 2.05) is 93.6 Å². The lowest BCUT2D eigenvalue weighted by Gasteiger charge is -2.56. The van der Waals surface area contributed by atoms with Crippen molar-refractivity contribution in [1.82, 2.24) is 45.3 Å². The number of aliphatic hydroxyl groups excluding tert-OH is 1. The van der Waals surface area contributed by atoms with E-state index in [2.05, 4.69) is 16.0 Å². The van der Waals surface area contributed by atoms with Gasteiger partial charge in [0.05, 0.1) is 131 Å². The van der Waals surface area contributed by atoms with E-state index >= 15 is 0 Å². The monoisotopic (exact) mass is 1920 g/mol. The van der Waals surface area contributed by atoms with E-state index in [0.29, 0.717) is 121 Å². The SMILES string of the molecule is C[C@@H](OC[C@@]1(c2ccccc2)CC[C@]2(CO)CN1CC(=O)N2)c1cc(C(F)(F)F)cc(C(F)(F)F)c1.C[C@@H](OC[C@@]1(c2ccccc2)CC[C@]2(COC(=O)N3CCCCC3)CN1CC(=O)N2)c1cc(C(F)(F)F)cc(C(F)(F)F)c1.C[C@@H](OC[C@@]1(c2ccccc2)CC[C@]2(COC(=O)N3CCCCC3)CN1CC(=O)N2)c1cc(C(F)(F)F)cc(C(F)(F)F)c1.O=C(Cl)N1CCCCC1. The molecule has 4 N–H and O–H groups in total. The number of piperazine rings is 3. The molecule has 15 rings (SSSR count). The van der Waals surface area contributed by atoms with Gasteiger partial charge in [0.25, 0.3) is 0 Å². The van der Waals surface area contributed by atoms with Crippen LogP contribution in [0.4, 0.5) is 93.4 Å². The maximum absolute atomic E-state index is 13.5. The number of fused-ring (bicyclic) bond motifs is 6. The molecule has 3 unspecified atom stereocenters. The summed E-state index contributed by atoms with van der Waals surface area (Å²) in [4.78, 5) is 85.2.